The summed E-state index contributed by atoms with van der Waals surface area (Å²) in [4.78, 5) is 20.0. The third kappa shape index (κ3) is 3.44. The number of aldehydes is 1. The molecular weight excluding hydrogens is 309 g/mol. The van der Waals surface area contributed by atoms with Gasteiger partial charge < -0.3 is 10.6 Å². The molecule has 1 aromatic heterocycles. The lowest BCUT2D eigenvalue weighted by Gasteiger charge is -2.01. The van der Waals surface area contributed by atoms with E-state index in [0.29, 0.717) is 32.9 Å². The molecule has 2 N–H and O–H groups in total. The molecule has 1 heterocycles. The predicted molar refractivity (Wildman–Crippen MR) is 76.2 cm³/mol. The zero-order valence-electron chi connectivity index (χ0n) is 9.34. The molecule has 0 aliphatic rings. The van der Waals surface area contributed by atoms with Crippen LogP contribution < -0.4 is 10.6 Å². The van der Waals surface area contributed by atoms with Crippen LogP contribution in [0.5, 0.6) is 5.75 Å². The van der Waals surface area contributed by atoms with E-state index >= 15 is 0 Å². The molecule has 0 radical (unpaired) electrons. The number of thiazole rings is 1. The first-order valence-corrected chi connectivity index (χ1v) is 6.60. The number of rotatable bonds is 4. The summed E-state index contributed by atoms with van der Waals surface area (Å²) in [5.74, 6) is 0.358. The maximum Gasteiger partial charge on any atom is 0.180 e. The Kier molecular flexibility index (Phi) is 4.36. The largest absolute Gasteiger partial charge is 0.375 e. The smallest absolute Gasteiger partial charge is 0.180 e. The zero-order chi connectivity index (χ0) is 13.8. The predicted octanol–water partition coefficient (Wildman–Crippen LogP) is 3.01. The van der Waals surface area contributed by atoms with Gasteiger partial charge in [0.1, 0.15) is 5.69 Å². The summed E-state index contributed by atoms with van der Waals surface area (Å²) < 4.78 is 0. The standard InChI is InChI=1S/C11H7Cl2N3O2S/c12-7-2-1-6(3-8(7)13)18-16-9(4-17)10-5-19-11(14)15-10/h1-5H,(H2,14,15). The monoisotopic (exact) mass is 315 g/mol. The average Bonchev–Trinajstić information content (AvgIpc) is 2.81. The SMILES string of the molecule is Nc1nc(C(C=O)=NOc2ccc(Cl)c(Cl)c2)cs1. The van der Waals surface area contributed by atoms with Crippen molar-refractivity contribution in [2.24, 2.45) is 5.16 Å². The van der Waals surface area contributed by atoms with Crippen LogP contribution in [0.4, 0.5) is 5.13 Å². The number of aromatic nitrogens is 1. The summed E-state index contributed by atoms with van der Waals surface area (Å²) in [7, 11) is 0. The van der Waals surface area contributed by atoms with Crippen molar-refractivity contribution in [3.8, 4) is 5.75 Å². The lowest BCUT2D eigenvalue weighted by Crippen LogP contribution is -2.05. The fourth-order valence-electron chi connectivity index (χ4n) is 1.17. The second kappa shape index (κ2) is 6.01. The number of nitrogens with two attached hydrogens (primary N) is 1. The van der Waals surface area contributed by atoms with Gasteiger partial charge in [-0.25, -0.2) is 4.98 Å². The van der Waals surface area contributed by atoms with E-state index in [0.717, 1.165) is 0 Å². The van der Waals surface area contributed by atoms with Crippen LogP contribution in [0.2, 0.25) is 10.0 Å². The molecule has 0 saturated carbocycles. The molecule has 0 fully saturated rings. The van der Waals surface area contributed by atoms with Crippen molar-refractivity contribution in [2.75, 3.05) is 5.73 Å². The van der Waals surface area contributed by atoms with Crippen LogP contribution >= 0.6 is 34.5 Å². The molecule has 5 nitrogen and oxygen atoms in total. The van der Waals surface area contributed by atoms with E-state index in [9.17, 15) is 4.79 Å². The van der Waals surface area contributed by atoms with Gasteiger partial charge in [-0.2, -0.15) is 0 Å². The summed E-state index contributed by atoms with van der Waals surface area (Å²) in [5.41, 5.74) is 5.88. The first-order chi connectivity index (χ1) is 9.10. The molecule has 0 amide bonds. The van der Waals surface area contributed by atoms with Gasteiger partial charge in [0.2, 0.25) is 0 Å². The molecule has 0 saturated heterocycles. The van der Waals surface area contributed by atoms with Crippen LogP contribution in [0, 0.1) is 0 Å². The van der Waals surface area contributed by atoms with E-state index in [-0.39, 0.29) is 5.71 Å². The van der Waals surface area contributed by atoms with Gasteiger partial charge in [-0.3, -0.25) is 4.79 Å². The number of nitrogens with zero attached hydrogens (tertiary/aromatic N) is 2. The fraction of sp³-hybridized carbons (Fsp3) is 0. The highest BCUT2D eigenvalue weighted by atomic mass is 35.5. The Hall–Kier alpha value is -1.63. The Morgan fingerprint density at radius 2 is 2.21 bits per heavy atom. The third-order valence-corrected chi connectivity index (χ3v) is 3.45. The number of anilines is 1. The van der Waals surface area contributed by atoms with Gasteiger partial charge in [-0.15, -0.1) is 11.3 Å². The highest BCUT2D eigenvalue weighted by Gasteiger charge is 2.08. The van der Waals surface area contributed by atoms with Gasteiger partial charge in [-0.1, -0.05) is 28.4 Å². The number of hydrogen-bond acceptors (Lipinski definition) is 6. The number of benzene rings is 1. The average molecular weight is 316 g/mol. The summed E-state index contributed by atoms with van der Waals surface area (Å²) in [6.45, 7) is 0. The fourth-order valence-corrected chi connectivity index (χ4v) is 2.01. The summed E-state index contributed by atoms with van der Waals surface area (Å²) in [6.07, 6.45) is 0.534. The van der Waals surface area contributed by atoms with Crippen molar-refractivity contribution in [3.05, 3.63) is 39.3 Å². The van der Waals surface area contributed by atoms with Crippen LogP contribution in [0.25, 0.3) is 0 Å². The molecule has 0 bridgehead atoms. The van der Waals surface area contributed by atoms with Gasteiger partial charge in [0.25, 0.3) is 0 Å². The zero-order valence-corrected chi connectivity index (χ0v) is 11.7. The van der Waals surface area contributed by atoms with Gasteiger partial charge in [-0.05, 0) is 12.1 Å². The number of nitrogen functional groups attached to an aromatic ring is 1. The molecule has 2 aromatic rings. The Morgan fingerprint density at radius 3 is 2.79 bits per heavy atom. The van der Waals surface area contributed by atoms with Crippen LogP contribution in [0.1, 0.15) is 5.69 Å². The first-order valence-electron chi connectivity index (χ1n) is 4.97. The minimum absolute atomic E-state index is 0.0408. The minimum atomic E-state index is 0.0408. The lowest BCUT2D eigenvalue weighted by atomic mass is 10.3. The van der Waals surface area contributed by atoms with Gasteiger partial charge in [0.05, 0.1) is 10.0 Å². The molecule has 19 heavy (non-hydrogen) atoms. The van der Waals surface area contributed by atoms with E-state index in [2.05, 4.69) is 10.1 Å². The van der Waals surface area contributed by atoms with Gasteiger partial charge >= 0.3 is 0 Å². The topological polar surface area (TPSA) is 77.6 Å². The molecule has 2 rings (SSSR count). The van der Waals surface area contributed by atoms with Gasteiger partial charge in [0.15, 0.2) is 22.9 Å². The van der Waals surface area contributed by atoms with Crippen LogP contribution in [0.15, 0.2) is 28.7 Å². The Morgan fingerprint density at radius 1 is 1.42 bits per heavy atom. The van der Waals surface area contributed by atoms with Gasteiger partial charge in [0, 0.05) is 11.4 Å². The van der Waals surface area contributed by atoms with Crippen molar-refractivity contribution in [1.82, 2.24) is 4.98 Å². The van der Waals surface area contributed by atoms with Crippen molar-refractivity contribution >= 4 is 51.7 Å². The molecule has 0 aliphatic heterocycles. The Balaban J connectivity index is 2.20. The van der Waals surface area contributed by atoms with Crippen LogP contribution in [0.3, 0.4) is 0 Å². The van der Waals surface area contributed by atoms with E-state index < -0.39 is 0 Å². The second-order valence-electron chi connectivity index (χ2n) is 3.33. The van der Waals surface area contributed by atoms with E-state index in [1.165, 1.54) is 17.4 Å². The molecule has 8 heteroatoms. The summed E-state index contributed by atoms with van der Waals surface area (Å²) in [5, 5.41) is 6.40. The normalized spacial score (nSPS) is 11.4. The molecule has 0 spiro atoms. The molecule has 0 unspecified atom stereocenters. The summed E-state index contributed by atoms with van der Waals surface area (Å²) in [6, 6.07) is 4.64. The van der Waals surface area contributed by atoms with Crippen molar-refractivity contribution in [3.63, 3.8) is 0 Å². The van der Waals surface area contributed by atoms with Crippen molar-refractivity contribution < 1.29 is 9.63 Å². The maximum absolute atomic E-state index is 10.9. The Labute approximate surface area is 122 Å². The maximum atomic E-state index is 10.9. The minimum Gasteiger partial charge on any atom is -0.375 e. The number of halogens is 2. The molecule has 1 aromatic carbocycles. The third-order valence-electron chi connectivity index (χ3n) is 2.04. The molecular formula is C11H7Cl2N3O2S. The highest BCUT2D eigenvalue weighted by Crippen LogP contribution is 2.26. The highest BCUT2D eigenvalue weighted by molar-refractivity contribution is 7.13. The number of carbonyl (C=O) groups is 1. The quantitative estimate of drug-likeness (QED) is 0.534. The second-order valence-corrected chi connectivity index (χ2v) is 5.04. The van der Waals surface area contributed by atoms with Crippen LogP contribution in [-0.4, -0.2) is 17.0 Å². The molecule has 98 valence electrons. The van der Waals surface area contributed by atoms with E-state index in [1.54, 1.807) is 17.5 Å². The van der Waals surface area contributed by atoms with E-state index in [4.69, 9.17) is 33.8 Å². The van der Waals surface area contributed by atoms with E-state index in [1.807, 2.05) is 0 Å². The molecule has 0 atom stereocenters. The molecule has 0 aliphatic carbocycles. The number of carbonyl (C=O) groups excluding carboxylic acids is 1. The first kappa shape index (κ1) is 13.8. The van der Waals surface area contributed by atoms with Crippen molar-refractivity contribution in [1.29, 1.82) is 0 Å². The lowest BCUT2D eigenvalue weighted by molar-refractivity contribution is -0.102. The number of oxime groups is 1. The summed E-state index contributed by atoms with van der Waals surface area (Å²) >= 11 is 12.8. The van der Waals surface area contributed by atoms with Crippen LogP contribution in [-0.2, 0) is 4.79 Å². The van der Waals surface area contributed by atoms with Crippen molar-refractivity contribution in [2.45, 2.75) is 0 Å². The number of hydrogen-bond donors (Lipinski definition) is 1. The Bertz CT molecular complexity index is 643.